The molecular formula is C10H14ClN. The van der Waals surface area contributed by atoms with Crippen molar-refractivity contribution in [2.75, 3.05) is 0 Å². The monoisotopic (exact) mass is 183 g/mol. The highest BCUT2D eigenvalue weighted by atomic mass is 35.5. The Hall–Kier alpha value is -0.560. The molecule has 1 heterocycles. The summed E-state index contributed by atoms with van der Waals surface area (Å²) >= 11 is 6.07. The molecule has 0 spiro atoms. The highest BCUT2D eigenvalue weighted by Gasteiger charge is 2.19. The molecule has 2 heteroatoms. The Morgan fingerprint density at radius 2 is 1.92 bits per heavy atom. The third kappa shape index (κ3) is 1.78. The van der Waals surface area contributed by atoms with Gasteiger partial charge in [-0.3, -0.25) is 4.98 Å². The van der Waals surface area contributed by atoms with Crippen molar-refractivity contribution in [3.05, 3.63) is 28.5 Å². The second kappa shape index (κ2) is 3.06. The fraction of sp³-hybridized carbons (Fsp3) is 0.500. The van der Waals surface area contributed by atoms with Gasteiger partial charge in [-0.15, -0.1) is 0 Å². The molecule has 0 aliphatic rings. The Morgan fingerprint density at radius 3 is 2.25 bits per heavy atom. The summed E-state index contributed by atoms with van der Waals surface area (Å²) in [4.78, 5) is 4.22. The first kappa shape index (κ1) is 9.53. The maximum atomic E-state index is 6.07. The molecule has 0 radical (unpaired) electrons. The zero-order chi connectivity index (χ0) is 9.35. The summed E-state index contributed by atoms with van der Waals surface area (Å²) in [6.07, 6.45) is 1.74. The highest BCUT2D eigenvalue weighted by Crippen LogP contribution is 2.30. The average Bonchev–Trinajstić information content (AvgIpc) is 1.82. The van der Waals surface area contributed by atoms with Crippen LogP contribution in [-0.4, -0.2) is 4.98 Å². The summed E-state index contributed by atoms with van der Waals surface area (Å²) < 4.78 is 0. The van der Waals surface area contributed by atoms with Crippen LogP contribution in [0.5, 0.6) is 0 Å². The van der Waals surface area contributed by atoms with E-state index in [0.717, 1.165) is 16.3 Å². The normalized spacial score (nSPS) is 11.8. The Balaban J connectivity index is 3.31. The van der Waals surface area contributed by atoms with Crippen LogP contribution in [0.25, 0.3) is 0 Å². The summed E-state index contributed by atoms with van der Waals surface area (Å²) in [7, 11) is 0. The van der Waals surface area contributed by atoms with Crippen LogP contribution in [0.4, 0.5) is 0 Å². The molecule has 0 bridgehead atoms. The fourth-order valence-electron chi connectivity index (χ4n) is 1.44. The summed E-state index contributed by atoms with van der Waals surface area (Å²) in [6, 6.07) is 1.84. The average molecular weight is 184 g/mol. The molecule has 1 aromatic heterocycles. The predicted octanol–water partition coefficient (Wildman–Crippen LogP) is 3.34. The van der Waals surface area contributed by atoms with E-state index < -0.39 is 0 Å². The van der Waals surface area contributed by atoms with Crippen LogP contribution < -0.4 is 0 Å². The Kier molecular flexibility index (Phi) is 2.43. The van der Waals surface area contributed by atoms with Crippen LogP contribution in [0, 0.1) is 6.92 Å². The number of aryl methyl sites for hydroxylation is 1. The molecule has 0 aliphatic carbocycles. The summed E-state index contributed by atoms with van der Waals surface area (Å²) in [6.45, 7) is 8.42. The van der Waals surface area contributed by atoms with E-state index in [0.29, 0.717) is 0 Å². The van der Waals surface area contributed by atoms with Gasteiger partial charge >= 0.3 is 0 Å². The minimum atomic E-state index is 0.0788. The lowest BCUT2D eigenvalue weighted by Gasteiger charge is -2.21. The van der Waals surface area contributed by atoms with E-state index in [1.54, 1.807) is 6.20 Å². The summed E-state index contributed by atoms with van der Waals surface area (Å²) in [5.41, 5.74) is 2.25. The fourth-order valence-corrected chi connectivity index (χ4v) is 1.91. The van der Waals surface area contributed by atoms with Crippen molar-refractivity contribution in [1.82, 2.24) is 4.98 Å². The van der Waals surface area contributed by atoms with E-state index in [4.69, 9.17) is 11.6 Å². The SMILES string of the molecule is Cc1nccc(Cl)c1C(C)(C)C. The number of rotatable bonds is 0. The molecule has 0 fully saturated rings. The molecular weight excluding hydrogens is 170 g/mol. The van der Waals surface area contributed by atoms with Crippen molar-refractivity contribution in [3.8, 4) is 0 Å². The molecule has 0 amide bonds. The standard InChI is InChI=1S/C10H14ClN/c1-7-9(10(2,3)4)8(11)5-6-12-7/h5-6H,1-4H3. The highest BCUT2D eigenvalue weighted by molar-refractivity contribution is 6.31. The summed E-state index contributed by atoms with van der Waals surface area (Å²) in [5, 5.41) is 0.815. The number of hydrogen-bond acceptors (Lipinski definition) is 1. The maximum Gasteiger partial charge on any atom is 0.0476 e. The van der Waals surface area contributed by atoms with Crippen molar-refractivity contribution >= 4 is 11.6 Å². The largest absolute Gasteiger partial charge is 0.261 e. The van der Waals surface area contributed by atoms with Crippen molar-refractivity contribution in [2.24, 2.45) is 0 Å². The molecule has 0 saturated heterocycles. The maximum absolute atomic E-state index is 6.07. The Bertz CT molecular complexity index is 266. The lowest BCUT2D eigenvalue weighted by atomic mass is 9.86. The van der Waals surface area contributed by atoms with Gasteiger partial charge in [0.25, 0.3) is 0 Å². The third-order valence-electron chi connectivity index (χ3n) is 1.84. The van der Waals surface area contributed by atoms with Gasteiger partial charge in [0.05, 0.1) is 0 Å². The minimum absolute atomic E-state index is 0.0788. The molecule has 1 rings (SSSR count). The smallest absolute Gasteiger partial charge is 0.0476 e. The van der Waals surface area contributed by atoms with Gasteiger partial charge in [0.15, 0.2) is 0 Å². The van der Waals surface area contributed by atoms with Crippen molar-refractivity contribution in [1.29, 1.82) is 0 Å². The van der Waals surface area contributed by atoms with E-state index in [1.807, 2.05) is 13.0 Å². The number of nitrogens with zero attached hydrogens (tertiary/aromatic N) is 1. The van der Waals surface area contributed by atoms with Crippen LogP contribution >= 0.6 is 11.6 Å². The van der Waals surface area contributed by atoms with E-state index in [-0.39, 0.29) is 5.41 Å². The van der Waals surface area contributed by atoms with Crippen molar-refractivity contribution < 1.29 is 0 Å². The van der Waals surface area contributed by atoms with Crippen molar-refractivity contribution in [3.63, 3.8) is 0 Å². The zero-order valence-electron chi connectivity index (χ0n) is 7.98. The molecule has 0 atom stereocenters. The van der Waals surface area contributed by atoms with Gasteiger partial charge in [0, 0.05) is 16.9 Å². The molecule has 0 saturated carbocycles. The number of hydrogen-bond donors (Lipinski definition) is 0. The van der Waals surface area contributed by atoms with E-state index in [1.165, 1.54) is 0 Å². The third-order valence-corrected chi connectivity index (χ3v) is 2.15. The number of halogens is 1. The van der Waals surface area contributed by atoms with Crippen molar-refractivity contribution in [2.45, 2.75) is 33.1 Å². The number of aromatic nitrogens is 1. The topological polar surface area (TPSA) is 12.9 Å². The molecule has 66 valence electrons. The lowest BCUT2D eigenvalue weighted by Crippen LogP contribution is -2.14. The Labute approximate surface area is 78.8 Å². The first-order chi connectivity index (χ1) is 5.43. The van der Waals surface area contributed by atoms with Gasteiger partial charge in [0.1, 0.15) is 0 Å². The number of pyridine rings is 1. The molecule has 0 unspecified atom stereocenters. The molecule has 1 nitrogen and oxygen atoms in total. The lowest BCUT2D eigenvalue weighted by molar-refractivity contribution is 0.582. The summed E-state index contributed by atoms with van der Waals surface area (Å²) in [5.74, 6) is 0. The zero-order valence-corrected chi connectivity index (χ0v) is 8.74. The van der Waals surface area contributed by atoms with Crippen LogP contribution in [0.3, 0.4) is 0 Å². The van der Waals surface area contributed by atoms with Gasteiger partial charge in [0.2, 0.25) is 0 Å². The molecule has 1 aromatic rings. The quantitative estimate of drug-likeness (QED) is 0.601. The second-order valence-corrected chi connectivity index (χ2v) is 4.41. The Morgan fingerprint density at radius 1 is 1.33 bits per heavy atom. The van der Waals surface area contributed by atoms with Crippen LogP contribution in [0.1, 0.15) is 32.0 Å². The minimum Gasteiger partial charge on any atom is -0.261 e. The van der Waals surface area contributed by atoms with Gasteiger partial charge in [-0.2, -0.15) is 0 Å². The van der Waals surface area contributed by atoms with E-state index in [9.17, 15) is 0 Å². The van der Waals surface area contributed by atoms with Crippen LogP contribution in [0.2, 0.25) is 5.02 Å². The first-order valence-electron chi connectivity index (χ1n) is 4.04. The van der Waals surface area contributed by atoms with Crippen LogP contribution in [0.15, 0.2) is 12.3 Å². The molecule has 0 aliphatic heterocycles. The van der Waals surface area contributed by atoms with Gasteiger partial charge < -0.3 is 0 Å². The predicted molar refractivity (Wildman–Crippen MR) is 52.7 cm³/mol. The van der Waals surface area contributed by atoms with E-state index >= 15 is 0 Å². The molecule has 0 N–H and O–H groups in total. The van der Waals surface area contributed by atoms with Gasteiger partial charge in [-0.05, 0) is 24.0 Å². The molecule has 0 aromatic carbocycles. The molecule has 12 heavy (non-hydrogen) atoms. The van der Waals surface area contributed by atoms with Gasteiger partial charge in [-0.25, -0.2) is 0 Å². The second-order valence-electron chi connectivity index (χ2n) is 4.00. The van der Waals surface area contributed by atoms with Crippen LogP contribution in [-0.2, 0) is 5.41 Å². The van der Waals surface area contributed by atoms with Gasteiger partial charge in [-0.1, -0.05) is 32.4 Å². The first-order valence-corrected chi connectivity index (χ1v) is 4.42. The van der Waals surface area contributed by atoms with E-state index in [2.05, 4.69) is 25.8 Å².